The van der Waals surface area contributed by atoms with Gasteiger partial charge in [0.05, 0.1) is 4.90 Å². The molecule has 0 aliphatic heterocycles. The molecule has 158 valence electrons. The number of benzene rings is 3. The second-order valence-corrected chi connectivity index (χ2v) is 10.2. The SMILES string of the molecule is Cc1ccc2[nH]c(=O)c(CN(Cc3ccccc3)S(=O)(=O)c3ccccc3Br)cc2c1. The van der Waals surface area contributed by atoms with Gasteiger partial charge in [-0.3, -0.25) is 4.79 Å². The van der Waals surface area contributed by atoms with E-state index in [1.165, 1.54) is 4.31 Å². The van der Waals surface area contributed by atoms with Crippen LogP contribution in [0.5, 0.6) is 0 Å². The summed E-state index contributed by atoms with van der Waals surface area (Å²) in [4.78, 5) is 15.8. The van der Waals surface area contributed by atoms with Crippen molar-refractivity contribution in [3.63, 3.8) is 0 Å². The fourth-order valence-corrected chi connectivity index (χ4v) is 5.85. The molecule has 1 aromatic heterocycles. The standard InChI is InChI=1S/C24H21BrN2O3S/c1-17-11-12-22-19(13-17)14-20(24(28)26-22)16-27(15-18-7-3-2-4-8-18)31(29,30)23-10-6-5-9-21(23)25/h2-14H,15-16H2,1H3,(H,26,28). The highest BCUT2D eigenvalue weighted by atomic mass is 79.9. The lowest BCUT2D eigenvalue weighted by atomic mass is 10.1. The van der Waals surface area contributed by atoms with Gasteiger partial charge in [-0.25, -0.2) is 8.42 Å². The molecule has 7 heteroatoms. The number of aromatic nitrogens is 1. The Hall–Kier alpha value is -2.74. The molecule has 0 atom stereocenters. The monoisotopic (exact) mass is 496 g/mol. The predicted molar refractivity (Wildman–Crippen MR) is 126 cm³/mol. The molecule has 0 aliphatic rings. The van der Waals surface area contributed by atoms with Gasteiger partial charge in [0, 0.05) is 28.6 Å². The number of nitrogens with one attached hydrogen (secondary N) is 1. The first-order valence-corrected chi connectivity index (χ1v) is 12.0. The van der Waals surface area contributed by atoms with Gasteiger partial charge in [0.2, 0.25) is 10.0 Å². The second kappa shape index (κ2) is 8.78. The molecule has 1 heterocycles. The number of rotatable bonds is 6. The Morgan fingerprint density at radius 2 is 1.61 bits per heavy atom. The van der Waals surface area contributed by atoms with Crippen molar-refractivity contribution in [1.29, 1.82) is 0 Å². The Labute approximate surface area is 189 Å². The Morgan fingerprint density at radius 1 is 0.903 bits per heavy atom. The van der Waals surface area contributed by atoms with Crippen molar-refractivity contribution in [3.8, 4) is 0 Å². The van der Waals surface area contributed by atoms with Crippen molar-refractivity contribution in [2.45, 2.75) is 24.9 Å². The lowest BCUT2D eigenvalue weighted by molar-refractivity contribution is 0.399. The van der Waals surface area contributed by atoms with Crippen LogP contribution in [0, 0.1) is 6.92 Å². The average Bonchev–Trinajstić information content (AvgIpc) is 2.75. The van der Waals surface area contributed by atoms with E-state index in [1.54, 1.807) is 30.3 Å². The molecule has 1 N–H and O–H groups in total. The van der Waals surface area contributed by atoms with Gasteiger partial charge < -0.3 is 4.98 Å². The van der Waals surface area contributed by atoms with Gasteiger partial charge in [0.15, 0.2) is 0 Å². The molecule has 0 bridgehead atoms. The van der Waals surface area contributed by atoms with Crippen molar-refractivity contribution in [1.82, 2.24) is 9.29 Å². The summed E-state index contributed by atoms with van der Waals surface area (Å²) in [5.41, 5.74) is 2.72. The minimum atomic E-state index is -3.87. The summed E-state index contributed by atoms with van der Waals surface area (Å²) in [5, 5.41) is 0.868. The van der Waals surface area contributed by atoms with E-state index in [2.05, 4.69) is 20.9 Å². The van der Waals surface area contributed by atoms with Crippen LogP contribution in [0.1, 0.15) is 16.7 Å². The van der Waals surface area contributed by atoms with Gasteiger partial charge in [0.25, 0.3) is 5.56 Å². The van der Waals surface area contributed by atoms with Crippen molar-refractivity contribution in [3.05, 3.63) is 110 Å². The predicted octanol–water partition coefficient (Wildman–Crippen LogP) is 4.99. The third-order valence-electron chi connectivity index (χ3n) is 5.08. The van der Waals surface area contributed by atoms with Gasteiger partial charge >= 0.3 is 0 Å². The number of sulfonamides is 1. The average molecular weight is 497 g/mol. The van der Waals surface area contributed by atoms with Gasteiger partial charge in [0.1, 0.15) is 0 Å². The van der Waals surface area contributed by atoms with Gasteiger partial charge in [-0.15, -0.1) is 0 Å². The van der Waals surface area contributed by atoms with E-state index < -0.39 is 10.0 Å². The molecule has 0 unspecified atom stereocenters. The lowest BCUT2D eigenvalue weighted by Crippen LogP contribution is -2.32. The molecule has 0 saturated heterocycles. The molecule has 3 aromatic carbocycles. The van der Waals surface area contributed by atoms with Crippen LogP contribution in [0.25, 0.3) is 10.9 Å². The van der Waals surface area contributed by atoms with E-state index in [0.717, 1.165) is 22.0 Å². The number of H-pyrrole nitrogens is 1. The van der Waals surface area contributed by atoms with E-state index in [0.29, 0.717) is 10.0 Å². The van der Waals surface area contributed by atoms with E-state index in [1.807, 2.05) is 55.5 Å². The fourth-order valence-electron chi connectivity index (χ4n) is 3.48. The summed E-state index contributed by atoms with van der Waals surface area (Å²) in [7, 11) is -3.87. The van der Waals surface area contributed by atoms with Crippen LogP contribution in [-0.2, 0) is 23.1 Å². The molecule has 31 heavy (non-hydrogen) atoms. The minimum Gasteiger partial charge on any atom is -0.322 e. The number of nitrogens with zero attached hydrogens (tertiary/aromatic N) is 1. The first-order chi connectivity index (χ1) is 14.8. The van der Waals surface area contributed by atoms with Crippen molar-refractivity contribution in [2.75, 3.05) is 0 Å². The molecule has 5 nitrogen and oxygen atoms in total. The second-order valence-electron chi connectivity index (χ2n) is 7.40. The normalized spacial score (nSPS) is 11.8. The number of pyridine rings is 1. The Balaban J connectivity index is 1.80. The molecule has 0 aliphatic carbocycles. The van der Waals surface area contributed by atoms with Crippen molar-refractivity contribution >= 4 is 36.9 Å². The molecule has 0 radical (unpaired) electrons. The maximum Gasteiger partial charge on any atom is 0.252 e. The third-order valence-corrected chi connectivity index (χ3v) is 7.88. The smallest absolute Gasteiger partial charge is 0.252 e. The van der Waals surface area contributed by atoms with E-state index in [4.69, 9.17) is 0 Å². The van der Waals surface area contributed by atoms with Gasteiger partial charge in [-0.2, -0.15) is 4.31 Å². The van der Waals surface area contributed by atoms with Gasteiger partial charge in [-0.05, 0) is 64.1 Å². The van der Waals surface area contributed by atoms with E-state index in [9.17, 15) is 13.2 Å². The fraction of sp³-hybridized carbons (Fsp3) is 0.125. The number of halogens is 1. The molecule has 0 spiro atoms. The van der Waals surface area contributed by atoms with E-state index in [-0.39, 0.29) is 23.5 Å². The third kappa shape index (κ3) is 4.63. The highest BCUT2D eigenvalue weighted by Gasteiger charge is 2.27. The molecular formula is C24H21BrN2O3S. The molecular weight excluding hydrogens is 476 g/mol. The summed E-state index contributed by atoms with van der Waals surface area (Å²) >= 11 is 3.35. The molecule has 0 amide bonds. The minimum absolute atomic E-state index is 0.0439. The zero-order valence-corrected chi connectivity index (χ0v) is 19.3. The summed E-state index contributed by atoms with van der Waals surface area (Å²) in [6.07, 6.45) is 0. The molecule has 4 aromatic rings. The van der Waals surface area contributed by atoms with Gasteiger partial charge in [-0.1, -0.05) is 54.1 Å². The molecule has 0 fully saturated rings. The topological polar surface area (TPSA) is 70.2 Å². The number of hydrogen-bond donors (Lipinski definition) is 1. The maximum atomic E-state index is 13.6. The number of aromatic amines is 1. The first-order valence-electron chi connectivity index (χ1n) is 9.76. The van der Waals surface area contributed by atoms with Crippen LogP contribution in [0.2, 0.25) is 0 Å². The number of aryl methyl sites for hydroxylation is 1. The first kappa shape index (κ1) is 21.5. The Morgan fingerprint density at radius 3 is 2.35 bits per heavy atom. The molecule has 0 saturated carbocycles. The highest BCUT2D eigenvalue weighted by molar-refractivity contribution is 9.10. The summed E-state index contributed by atoms with van der Waals surface area (Å²) in [5.74, 6) is 0. The zero-order valence-electron chi connectivity index (χ0n) is 16.9. The lowest BCUT2D eigenvalue weighted by Gasteiger charge is -2.23. The van der Waals surface area contributed by atoms with E-state index >= 15 is 0 Å². The summed E-state index contributed by atoms with van der Waals surface area (Å²) in [6.45, 7) is 2.08. The number of fused-ring (bicyclic) bond motifs is 1. The van der Waals surface area contributed by atoms with Crippen LogP contribution in [0.3, 0.4) is 0 Å². The zero-order chi connectivity index (χ0) is 22.0. The largest absolute Gasteiger partial charge is 0.322 e. The summed E-state index contributed by atoms with van der Waals surface area (Å²) in [6, 6.07) is 23.6. The van der Waals surface area contributed by atoms with Crippen LogP contribution in [0.15, 0.2) is 93.0 Å². The van der Waals surface area contributed by atoms with Crippen LogP contribution >= 0.6 is 15.9 Å². The van der Waals surface area contributed by atoms with Crippen LogP contribution in [0.4, 0.5) is 0 Å². The quantitative estimate of drug-likeness (QED) is 0.408. The Kier molecular flexibility index (Phi) is 6.09. The highest BCUT2D eigenvalue weighted by Crippen LogP contribution is 2.27. The summed E-state index contributed by atoms with van der Waals surface area (Å²) < 4.78 is 29.0. The van der Waals surface area contributed by atoms with Crippen molar-refractivity contribution in [2.24, 2.45) is 0 Å². The van der Waals surface area contributed by atoms with Crippen LogP contribution in [-0.4, -0.2) is 17.7 Å². The Bertz CT molecular complexity index is 1400. The molecule has 4 rings (SSSR count). The number of hydrogen-bond acceptors (Lipinski definition) is 3. The maximum absolute atomic E-state index is 13.6. The van der Waals surface area contributed by atoms with Crippen molar-refractivity contribution < 1.29 is 8.42 Å². The van der Waals surface area contributed by atoms with Crippen LogP contribution < -0.4 is 5.56 Å².